The van der Waals surface area contributed by atoms with E-state index in [0.717, 1.165) is 18.2 Å². The van der Waals surface area contributed by atoms with Crippen LogP contribution in [0.1, 0.15) is 29.7 Å². The van der Waals surface area contributed by atoms with Crippen molar-refractivity contribution in [1.82, 2.24) is 0 Å². The lowest BCUT2D eigenvalue weighted by atomic mass is 9.53. The molecule has 2 aromatic rings. The van der Waals surface area contributed by atoms with Crippen molar-refractivity contribution in [2.75, 3.05) is 0 Å². The zero-order valence-corrected chi connectivity index (χ0v) is 17.7. The zero-order chi connectivity index (χ0) is 24.2. The molecule has 0 spiro atoms. The molecule has 0 radical (unpaired) electrons. The van der Waals surface area contributed by atoms with E-state index in [-0.39, 0.29) is 5.56 Å². The molecule has 2 saturated heterocycles. The van der Waals surface area contributed by atoms with Crippen molar-refractivity contribution in [3.8, 4) is 18.2 Å². The average Bonchev–Trinajstić information content (AvgIpc) is 2.95. The second-order valence-corrected chi connectivity index (χ2v) is 8.34. The van der Waals surface area contributed by atoms with Gasteiger partial charge < -0.3 is 9.47 Å². The normalized spacial score (nSPS) is 29.9. The van der Waals surface area contributed by atoms with Crippen molar-refractivity contribution in [3.05, 3.63) is 70.2 Å². The molecule has 1 N–H and O–H groups in total. The van der Waals surface area contributed by atoms with Gasteiger partial charge in [0.1, 0.15) is 6.10 Å². The molecule has 0 aliphatic carbocycles. The van der Waals surface area contributed by atoms with Gasteiger partial charge in [-0.3, -0.25) is 5.41 Å². The Hall–Kier alpha value is -3.58. The number of fused-ring (bicyclic) bond motifs is 2. The number of halogens is 4. The standard InChI is InChI=1S/C23H14ClF3N4O2/c1-13-21(12-30)19(31)33-22(13,15-5-7-17(24)8-6-15)32-18(20(21,10-28)11-29)14-3-2-4-16(9-14)23(25,26)27/h2-9,13,18,31H,1H3. The summed E-state index contributed by atoms with van der Waals surface area (Å²) in [5.74, 6) is -3.51. The molecule has 2 aromatic carbocycles. The van der Waals surface area contributed by atoms with Gasteiger partial charge in [-0.1, -0.05) is 42.8 Å². The van der Waals surface area contributed by atoms with E-state index in [1.54, 1.807) is 12.1 Å². The van der Waals surface area contributed by atoms with Crippen LogP contribution in [0.2, 0.25) is 5.02 Å². The van der Waals surface area contributed by atoms with E-state index in [4.69, 9.17) is 26.5 Å². The SMILES string of the molecule is CC1C2(c3ccc(Cl)cc3)OC(=N)C1(C#N)C(C#N)(C#N)C(c1cccc(C(F)(F)F)c1)O2. The van der Waals surface area contributed by atoms with E-state index in [9.17, 15) is 29.0 Å². The Labute approximate surface area is 191 Å². The molecule has 2 aliphatic rings. The van der Waals surface area contributed by atoms with Crippen molar-refractivity contribution in [2.45, 2.75) is 25.0 Å². The molecule has 6 nitrogen and oxygen atoms in total. The average molecular weight is 471 g/mol. The summed E-state index contributed by atoms with van der Waals surface area (Å²) in [6.45, 7) is 1.51. The van der Waals surface area contributed by atoms with Gasteiger partial charge in [0.15, 0.2) is 5.41 Å². The second-order valence-electron chi connectivity index (χ2n) is 7.90. The topological polar surface area (TPSA) is 114 Å². The van der Waals surface area contributed by atoms with E-state index >= 15 is 0 Å². The molecule has 2 fully saturated rings. The smallest absolute Gasteiger partial charge is 0.416 e. The molecule has 2 heterocycles. The van der Waals surface area contributed by atoms with Crippen LogP contribution in [-0.4, -0.2) is 5.90 Å². The predicted molar refractivity (Wildman–Crippen MR) is 108 cm³/mol. The number of rotatable bonds is 2. The number of hydrogen-bond donors (Lipinski definition) is 1. The van der Waals surface area contributed by atoms with Gasteiger partial charge in [-0.25, -0.2) is 0 Å². The molecule has 33 heavy (non-hydrogen) atoms. The summed E-state index contributed by atoms with van der Waals surface area (Å²) in [4.78, 5) is 0. The molecule has 0 aromatic heterocycles. The first kappa shape index (κ1) is 22.6. The van der Waals surface area contributed by atoms with E-state index in [0.29, 0.717) is 10.6 Å². The maximum Gasteiger partial charge on any atom is 0.416 e. The summed E-state index contributed by atoms with van der Waals surface area (Å²) in [5.41, 5.74) is -5.30. The monoisotopic (exact) mass is 470 g/mol. The minimum atomic E-state index is -4.69. The van der Waals surface area contributed by atoms with Crippen LogP contribution in [0, 0.1) is 56.2 Å². The molecule has 10 heteroatoms. The quantitative estimate of drug-likeness (QED) is 0.625. The van der Waals surface area contributed by atoms with Gasteiger partial charge in [-0.15, -0.1) is 0 Å². The van der Waals surface area contributed by atoms with E-state index in [2.05, 4.69) is 0 Å². The van der Waals surface area contributed by atoms with Crippen LogP contribution < -0.4 is 0 Å². The van der Waals surface area contributed by atoms with Crippen LogP contribution in [0.4, 0.5) is 13.2 Å². The minimum Gasteiger partial charge on any atom is -0.443 e. The van der Waals surface area contributed by atoms with Gasteiger partial charge in [0, 0.05) is 10.6 Å². The van der Waals surface area contributed by atoms with Gasteiger partial charge in [0.2, 0.25) is 17.1 Å². The summed E-state index contributed by atoms with van der Waals surface area (Å²) in [6, 6.07) is 15.7. The molecule has 0 saturated carbocycles. The van der Waals surface area contributed by atoms with E-state index in [1.165, 1.54) is 37.3 Å². The highest BCUT2D eigenvalue weighted by Gasteiger charge is 2.79. The largest absolute Gasteiger partial charge is 0.443 e. The van der Waals surface area contributed by atoms with Crippen LogP contribution in [-0.2, 0) is 21.4 Å². The van der Waals surface area contributed by atoms with Crippen molar-refractivity contribution in [3.63, 3.8) is 0 Å². The molecule has 4 unspecified atom stereocenters. The molecule has 2 aliphatic heterocycles. The van der Waals surface area contributed by atoms with Crippen LogP contribution in [0.3, 0.4) is 0 Å². The van der Waals surface area contributed by atoms with Crippen molar-refractivity contribution in [1.29, 1.82) is 21.2 Å². The van der Waals surface area contributed by atoms with Gasteiger partial charge in [0.25, 0.3) is 0 Å². The molecule has 166 valence electrons. The summed E-state index contributed by atoms with van der Waals surface area (Å²) in [6.07, 6.45) is -6.33. The number of ether oxygens (including phenoxy) is 2. The number of hydrogen-bond acceptors (Lipinski definition) is 6. The van der Waals surface area contributed by atoms with Crippen LogP contribution in [0.25, 0.3) is 0 Å². The summed E-state index contributed by atoms with van der Waals surface area (Å²) < 4.78 is 52.2. The highest BCUT2D eigenvalue weighted by atomic mass is 35.5. The number of nitriles is 3. The van der Waals surface area contributed by atoms with E-state index < -0.39 is 46.3 Å². The maximum atomic E-state index is 13.4. The first-order valence-electron chi connectivity index (χ1n) is 9.65. The fourth-order valence-corrected chi connectivity index (χ4v) is 4.85. The van der Waals surface area contributed by atoms with Crippen molar-refractivity contribution < 1.29 is 22.6 Å². The summed E-state index contributed by atoms with van der Waals surface area (Å²) in [7, 11) is 0. The van der Waals surface area contributed by atoms with Gasteiger partial charge >= 0.3 is 6.18 Å². The third-order valence-corrected chi connectivity index (χ3v) is 6.68. The third-order valence-electron chi connectivity index (χ3n) is 6.43. The summed E-state index contributed by atoms with van der Waals surface area (Å²) >= 11 is 5.98. The Morgan fingerprint density at radius 1 is 1.03 bits per heavy atom. The highest BCUT2D eigenvalue weighted by Crippen LogP contribution is 2.69. The Morgan fingerprint density at radius 3 is 2.21 bits per heavy atom. The molecular weight excluding hydrogens is 457 g/mol. The lowest BCUT2D eigenvalue weighted by Gasteiger charge is -2.48. The maximum absolute atomic E-state index is 13.4. The first-order valence-corrected chi connectivity index (χ1v) is 10.0. The third kappa shape index (κ3) is 2.78. The molecule has 2 bridgehead atoms. The number of alkyl halides is 3. The Balaban J connectivity index is 2.03. The van der Waals surface area contributed by atoms with Crippen molar-refractivity contribution >= 4 is 17.5 Å². The fourth-order valence-electron chi connectivity index (χ4n) is 4.73. The first-order chi connectivity index (χ1) is 15.5. The van der Waals surface area contributed by atoms with Gasteiger partial charge in [0.05, 0.1) is 29.7 Å². The summed E-state index contributed by atoms with van der Waals surface area (Å²) in [5, 5.41) is 39.4. The molecule has 4 atom stereocenters. The number of benzene rings is 2. The van der Waals surface area contributed by atoms with Gasteiger partial charge in [-0.05, 0) is 29.8 Å². The lowest BCUT2D eigenvalue weighted by molar-refractivity contribution is -0.288. The zero-order valence-electron chi connectivity index (χ0n) is 16.9. The molecule has 4 rings (SSSR count). The molecular formula is C23H14ClF3N4O2. The van der Waals surface area contributed by atoms with Gasteiger partial charge in [-0.2, -0.15) is 29.0 Å². The Bertz CT molecular complexity index is 1260. The van der Waals surface area contributed by atoms with Crippen molar-refractivity contribution in [2.24, 2.45) is 16.7 Å². The number of nitrogens with zero attached hydrogens (tertiary/aromatic N) is 3. The van der Waals surface area contributed by atoms with Crippen LogP contribution >= 0.6 is 11.6 Å². The van der Waals surface area contributed by atoms with E-state index in [1.807, 2.05) is 6.07 Å². The Morgan fingerprint density at radius 2 is 1.67 bits per heavy atom. The minimum absolute atomic E-state index is 0.143. The molecule has 0 amide bonds. The van der Waals surface area contributed by atoms with Crippen LogP contribution in [0.15, 0.2) is 48.5 Å². The highest BCUT2D eigenvalue weighted by molar-refractivity contribution is 6.30. The fraction of sp³-hybridized carbons (Fsp3) is 0.304. The Kier molecular flexibility index (Phi) is 4.94. The lowest BCUT2D eigenvalue weighted by Crippen LogP contribution is -2.57. The second kappa shape index (κ2) is 7.22. The number of nitrogens with one attached hydrogen (secondary N) is 1. The predicted octanol–water partition coefficient (Wildman–Crippen LogP) is 5.47. The van der Waals surface area contributed by atoms with Crippen LogP contribution in [0.5, 0.6) is 0 Å².